The van der Waals surface area contributed by atoms with Gasteiger partial charge in [-0.1, -0.05) is 158 Å². The minimum absolute atomic E-state index is 0. The van der Waals surface area contributed by atoms with Crippen molar-refractivity contribution in [2.45, 2.75) is 89.9 Å². The van der Waals surface area contributed by atoms with Gasteiger partial charge in [-0.05, 0) is 110 Å². The minimum atomic E-state index is -2.14. The van der Waals surface area contributed by atoms with Gasteiger partial charge < -0.3 is 9.47 Å². The van der Waals surface area contributed by atoms with E-state index in [-0.39, 0.29) is 28.5 Å². The van der Waals surface area contributed by atoms with Crippen LogP contribution in [0.3, 0.4) is 0 Å². The van der Waals surface area contributed by atoms with Crippen LogP contribution in [-0.2, 0) is 19.1 Å². The fraction of sp³-hybridized carbons (Fsp3) is 0.242. The Labute approximate surface area is 446 Å². The lowest BCUT2D eigenvalue weighted by molar-refractivity contribution is -0.115. The molecule has 4 aliphatic rings. The van der Waals surface area contributed by atoms with Crippen molar-refractivity contribution < 1.29 is 19.1 Å². The standard InChI is InChI=1S/2C33H34O2P.BrH/c2*34-31-22-14-13-15-27(31)25-26-35-32-23-11-4-12-24-33(32)36(28-16-5-1-6-17-28,29-18-7-2-8-19-29)30-20-9-3-10-21-30;/h2*1-3,5-10,13-21H,4,11-12,22-26H2;1H/q2*+1;. The highest BCUT2D eigenvalue weighted by Crippen LogP contribution is 2.67. The van der Waals surface area contributed by atoms with Crippen molar-refractivity contribution in [3.8, 4) is 0 Å². The Balaban J connectivity index is 0.000000192. The molecule has 0 saturated carbocycles. The van der Waals surface area contributed by atoms with Gasteiger partial charge >= 0.3 is 0 Å². The SMILES string of the molecule is Br.O=C1CC=CC=C1CCOC1=C([P+](c2ccccc2)(c2ccccc2)c2ccccc2)CCCCC1.O=C1CC=CC=C1CCOC1=C([P+](c2ccccc2)(c2ccccc2)c2ccccc2)CCCCC1. The maximum absolute atomic E-state index is 12.3. The lowest BCUT2D eigenvalue weighted by Gasteiger charge is -2.31. The summed E-state index contributed by atoms with van der Waals surface area (Å²) in [6.45, 7) is 1.09. The minimum Gasteiger partial charge on any atom is -0.494 e. The number of hydrogen-bond acceptors (Lipinski definition) is 4. The first-order valence-electron chi connectivity index (χ1n) is 26.2. The monoisotopic (exact) mass is 1070 g/mol. The molecule has 0 fully saturated rings. The van der Waals surface area contributed by atoms with Gasteiger partial charge in [0.2, 0.25) is 0 Å². The summed E-state index contributed by atoms with van der Waals surface area (Å²) in [6, 6.07) is 66.4. The van der Waals surface area contributed by atoms with Crippen molar-refractivity contribution in [2.75, 3.05) is 13.2 Å². The van der Waals surface area contributed by atoms with Gasteiger partial charge in [0, 0.05) is 51.4 Å². The number of allylic oxidation sites excluding steroid dienone is 10. The number of rotatable bonds is 16. The third-order valence-corrected chi connectivity index (χ3v) is 23.4. The van der Waals surface area contributed by atoms with Gasteiger partial charge in [0.05, 0.1) is 13.2 Å². The molecule has 0 atom stereocenters. The first kappa shape index (κ1) is 53.3. The van der Waals surface area contributed by atoms with Gasteiger partial charge in [-0.25, -0.2) is 0 Å². The summed E-state index contributed by atoms with van der Waals surface area (Å²) in [5.74, 6) is 2.74. The number of ketones is 2. The van der Waals surface area contributed by atoms with Crippen molar-refractivity contribution in [2.24, 2.45) is 0 Å². The van der Waals surface area contributed by atoms with Crippen molar-refractivity contribution in [3.05, 3.63) is 252 Å². The van der Waals surface area contributed by atoms with Crippen molar-refractivity contribution in [1.29, 1.82) is 0 Å². The molecule has 0 saturated heterocycles. The number of Topliss-reactive ketones (excluding diaryl/α,β-unsaturated/α-hetero) is 2. The Hall–Kier alpha value is -5.96. The van der Waals surface area contributed by atoms with E-state index in [9.17, 15) is 9.59 Å². The second kappa shape index (κ2) is 26.8. The van der Waals surface area contributed by atoms with Crippen LogP contribution in [0.25, 0.3) is 0 Å². The lowest BCUT2D eigenvalue weighted by atomic mass is 10.0. The van der Waals surface area contributed by atoms with Crippen LogP contribution in [0.2, 0.25) is 0 Å². The molecule has 6 aromatic carbocycles. The van der Waals surface area contributed by atoms with Gasteiger partial charge in [-0.2, -0.15) is 0 Å². The Morgan fingerprint density at radius 3 is 0.904 bits per heavy atom. The molecule has 0 aliphatic heterocycles. The summed E-state index contributed by atoms with van der Waals surface area (Å²) >= 11 is 0. The van der Waals surface area contributed by atoms with E-state index in [1.54, 1.807) is 0 Å². The second-order valence-electron chi connectivity index (χ2n) is 18.9. The van der Waals surface area contributed by atoms with Crippen LogP contribution in [0.15, 0.2) is 252 Å². The zero-order valence-electron chi connectivity index (χ0n) is 42.0. The molecule has 73 heavy (non-hydrogen) atoms. The van der Waals surface area contributed by atoms with Crippen molar-refractivity contribution >= 4 is 74.9 Å². The highest BCUT2D eigenvalue weighted by atomic mass is 79.9. The smallest absolute Gasteiger partial charge is 0.162 e. The van der Waals surface area contributed by atoms with Gasteiger partial charge in [0.1, 0.15) is 68.5 Å². The maximum atomic E-state index is 12.3. The van der Waals surface area contributed by atoms with E-state index < -0.39 is 14.5 Å². The molecule has 0 spiro atoms. The summed E-state index contributed by atoms with van der Waals surface area (Å²) < 4.78 is 13.4. The van der Waals surface area contributed by atoms with E-state index >= 15 is 0 Å². The van der Waals surface area contributed by atoms with E-state index in [1.165, 1.54) is 68.1 Å². The normalized spacial score (nSPS) is 16.2. The van der Waals surface area contributed by atoms with E-state index in [4.69, 9.17) is 9.47 Å². The van der Waals surface area contributed by atoms with Crippen LogP contribution < -0.4 is 31.8 Å². The third kappa shape index (κ3) is 12.4. The van der Waals surface area contributed by atoms with Crippen LogP contribution >= 0.6 is 31.5 Å². The molecule has 4 aliphatic carbocycles. The summed E-state index contributed by atoms with van der Waals surface area (Å²) in [6.07, 6.45) is 25.1. The predicted molar refractivity (Wildman–Crippen MR) is 316 cm³/mol. The van der Waals surface area contributed by atoms with Crippen LogP contribution in [0.4, 0.5) is 0 Å². The largest absolute Gasteiger partial charge is 0.494 e. The van der Waals surface area contributed by atoms with E-state index in [2.05, 4.69) is 182 Å². The molecule has 6 aromatic rings. The average Bonchev–Trinajstić information content (AvgIpc) is 3.83. The molecule has 372 valence electrons. The van der Waals surface area contributed by atoms with Gasteiger partial charge in [-0.3, -0.25) is 9.59 Å². The molecule has 0 heterocycles. The number of halogens is 1. The number of benzene rings is 6. The Kier molecular flexibility index (Phi) is 19.6. The summed E-state index contributed by atoms with van der Waals surface area (Å²) in [4.78, 5) is 24.7. The van der Waals surface area contributed by atoms with Crippen molar-refractivity contribution in [1.82, 2.24) is 0 Å². The van der Waals surface area contributed by atoms with Crippen LogP contribution in [0, 0.1) is 0 Å². The first-order chi connectivity index (χ1) is 35.6. The predicted octanol–water partition coefficient (Wildman–Crippen LogP) is 14.6. The van der Waals surface area contributed by atoms with Gasteiger partial charge in [0.25, 0.3) is 0 Å². The highest BCUT2D eigenvalue weighted by Gasteiger charge is 2.52. The Morgan fingerprint density at radius 2 is 0.630 bits per heavy atom. The zero-order valence-corrected chi connectivity index (χ0v) is 45.5. The van der Waals surface area contributed by atoms with Gasteiger partial charge in [0.15, 0.2) is 11.6 Å². The van der Waals surface area contributed by atoms with Crippen LogP contribution in [-0.4, -0.2) is 24.8 Å². The van der Waals surface area contributed by atoms with Crippen molar-refractivity contribution in [3.63, 3.8) is 0 Å². The molecule has 10 rings (SSSR count). The number of carbonyl (C=O) groups excluding carboxylic acids is 2. The highest BCUT2D eigenvalue weighted by molar-refractivity contribution is 8.93. The second-order valence-corrected chi connectivity index (χ2v) is 25.8. The number of hydrogen-bond donors (Lipinski definition) is 0. The average molecular weight is 1070 g/mol. The summed E-state index contributed by atoms with van der Waals surface area (Å²) in [5, 5.41) is 11.2. The fourth-order valence-electron chi connectivity index (χ4n) is 11.0. The Bertz CT molecular complexity index is 2530. The van der Waals surface area contributed by atoms with Crippen LogP contribution in [0.1, 0.15) is 89.9 Å². The number of carbonyl (C=O) groups is 2. The molecule has 0 N–H and O–H groups in total. The molecule has 0 unspecified atom stereocenters. The molecule has 4 nitrogen and oxygen atoms in total. The molecule has 0 bridgehead atoms. The Morgan fingerprint density at radius 1 is 0.356 bits per heavy atom. The van der Waals surface area contributed by atoms with Gasteiger partial charge in [-0.15, -0.1) is 17.0 Å². The molecule has 0 radical (unpaired) electrons. The van der Waals surface area contributed by atoms with E-state index in [1.807, 2.05) is 36.5 Å². The van der Waals surface area contributed by atoms with E-state index in [0.717, 1.165) is 61.2 Å². The summed E-state index contributed by atoms with van der Waals surface area (Å²) in [5.41, 5.74) is 1.76. The number of ether oxygens (including phenoxy) is 2. The van der Waals surface area contributed by atoms with Crippen LogP contribution in [0.5, 0.6) is 0 Å². The molecule has 0 amide bonds. The quantitative estimate of drug-likeness (QED) is 0.0907. The zero-order chi connectivity index (χ0) is 49.3. The third-order valence-electron chi connectivity index (χ3n) is 14.4. The molecule has 0 aromatic heterocycles. The first-order valence-corrected chi connectivity index (χ1v) is 29.8. The molecular formula is C66H69BrO4P2+2. The maximum Gasteiger partial charge on any atom is 0.162 e. The van der Waals surface area contributed by atoms with E-state index in [0.29, 0.717) is 38.9 Å². The fourth-order valence-corrected chi connectivity index (χ4v) is 20.5. The lowest BCUT2D eigenvalue weighted by Crippen LogP contribution is -2.33. The molecule has 7 heteroatoms. The topological polar surface area (TPSA) is 52.6 Å². The molecular weight excluding hydrogens is 999 g/mol. The summed E-state index contributed by atoms with van der Waals surface area (Å²) in [7, 11) is -4.27.